The molecule has 0 aliphatic rings. The van der Waals surface area contributed by atoms with E-state index in [2.05, 4.69) is 44.9 Å². The third-order valence-corrected chi connectivity index (χ3v) is 3.58. The second-order valence-electron chi connectivity index (χ2n) is 5.30. The van der Waals surface area contributed by atoms with Crippen LogP contribution in [0.5, 0.6) is 0 Å². The highest BCUT2D eigenvalue weighted by molar-refractivity contribution is 5.83. The van der Waals surface area contributed by atoms with E-state index in [1.807, 2.05) is 12.3 Å². The number of hydrogen-bond acceptors (Lipinski definition) is 4. The van der Waals surface area contributed by atoms with Crippen LogP contribution in [0.4, 0.5) is 0 Å². The monoisotopic (exact) mass is 330 g/mol. The molecule has 0 fully saturated rings. The Morgan fingerprint density at radius 3 is 2.83 bits per heavy atom. The summed E-state index contributed by atoms with van der Waals surface area (Å²) in [5.41, 5.74) is 2.17. The average molecular weight is 330 g/mol. The number of methoxy groups -OCH3 is 1. The van der Waals surface area contributed by atoms with E-state index in [0.29, 0.717) is 26.4 Å². The Hall–Kier alpha value is -2.18. The molecular formula is C18H26N4O2. The second-order valence-corrected chi connectivity index (χ2v) is 5.30. The lowest BCUT2D eigenvalue weighted by molar-refractivity contribution is 0.0698. The van der Waals surface area contributed by atoms with Crippen molar-refractivity contribution in [2.24, 2.45) is 4.99 Å². The fourth-order valence-electron chi connectivity index (χ4n) is 2.33. The van der Waals surface area contributed by atoms with Crippen LogP contribution in [-0.2, 0) is 16.0 Å². The standard InChI is InChI=1S/C18H26N4O2/c1-19-18(21-10-5-11-24-13-12-23-2)22-14-16-7-3-6-15-8-4-9-20-17(15)16/h3-4,6-9H,5,10-14H2,1-2H3,(H2,19,21,22). The molecule has 0 amide bonds. The number of fused-ring (bicyclic) bond motifs is 1. The van der Waals surface area contributed by atoms with Gasteiger partial charge in [-0.1, -0.05) is 24.3 Å². The van der Waals surface area contributed by atoms with Crippen LogP contribution in [0.2, 0.25) is 0 Å². The normalized spacial score (nSPS) is 11.7. The summed E-state index contributed by atoms with van der Waals surface area (Å²) >= 11 is 0. The molecule has 0 aliphatic heterocycles. The van der Waals surface area contributed by atoms with Gasteiger partial charge in [-0.3, -0.25) is 9.98 Å². The van der Waals surface area contributed by atoms with E-state index in [1.165, 1.54) is 0 Å². The van der Waals surface area contributed by atoms with Crippen LogP contribution in [0.15, 0.2) is 41.5 Å². The summed E-state index contributed by atoms with van der Waals surface area (Å²) < 4.78 is 10.4. The molecule has 0 radical (unpaired) electrons. The van der Waals surface area contributed by atoms with Gasteiger partial charge in [-0.05, 0) is 18.1 Å². The molecule has 0 saturated carbocycles. The first-order chi connectivity index (χ1) is 11.8. The van der Waals surface area contributed by atoms with Crippen LogP contribution in [0.3, 0.4) is 0 Å². The van der Waals surface area contributed by atoms with Crippen molar-refractivity contribution in [2.75, 3.05) is 40.5 Å². The molecule has 1 aromatic heterocycles. The topological polar surface area (TPSA) is 67.8 Å². The van der Waals surface area contributed by atoms with Crippen molar-refractivity contribution >= 4 is 16.9 Å². The second kappa shape index (κ2) is 10.6. The fourth-order valence-corrected chi connectivity index (χ4v) is 2.33. The molecule has 24 heavy (non-hydrogen) atoms. The summed E-state index contributed by atoms with van der Waals surface area (Å²) in [6.45, 7) is 3.46. The summed E-state index contributed by atoms with van der Waals surface area (Å²) in [6, 6.07) is 10.2. The Kier molecular flexibility index (Phi) is 8.00. The van der Waals surface area contributed by atoms with Gasteiger partial charge in [-0.2, -0.15) is 0 Å². The first-order valence-electron chi connectivity index (χ1n) is 8.19. The van der Waals surface area contributed by atoms with Crippen molar-refractivity contribution in [1.29, 1.82) is 0 Å². The molecule has 0 bridgehead atoms. The molecule has 0 saturated heterocycles. The predicted molar refractivity (Wildman–Crippen MR) is 97.3 cm³/mol. The summed E-state index contributed by atoms with van der Waals surface area (Å²) in [6.07, 6.45) is 2.74. The van der Waals surface area contributed by atoms with E-state index >= 15 is 0 Å². The molecule has 0 aliphatic carbocycles. The molecule has 6 nitrogen and oxygen atoms in total. The molecule has 6 heteroatoms. The summed E-state index contributed by atoms with van der Waals surface area (Å²) in [7, 11) is 3.44. The van der Waals surface area contributed by atoms with Crippen LogP contribution < -0.4 is 10.6 Å². The molecule has 0 atom stereocenters. The maximum absolute atomic E-state index is 5.43. The fraction of sp³-hybridized carbons (Fsp3) is 0.444. The Morgan fingerprint density at radius 2 is 2.00 bits per heavy atom. The molecule has 2 N–H and O–H groups in total. The summed E-state index contributed by atoms with van der Waals surface area (Å²) in [5.74, 6) is 0.778. The van der Waals surface area contributed by atoms with E-state index in [-0.39, 0.29) is 0 Å². The molecule has 1 heterocycles. The number of hydrogen-bond donors (Lipinski definition) is 2. The Morgan fingerprint density at radius 1 is 1.12 bits per heavy atom. The minimum absolute atomic E-state index is 0.635. The highest BCUT2D eigenvalue weighted by Gasteiger charge is 2.03. The summed E-state index contributed by atoms with van der Waals surface area (Å²) in [5, 5.41) is 7.76. The summed E-state index contributed by atoms with van der Waals surface area (Å²) in [4.78, 5) is 8.71. The van der Waals surface area contributed by atoms with Gasteiger partial charge in [0.05, 0.1) is 18.7 Å². The number of guanidine groups is 1. The third-order valence-electron chi connectivity index (χ3n) is 3.58. The van der Waals surface area contributed by atoms with Crippen molar-refractivity contribution in [2.45, 2.75) is 13.0 Å². The smallest absolute Gasteiger partial charge is 0.191 e. The lowest BCUT2D eigenvalue weighted by Crippen LogP contribution is -2.37. The van der Waals surface area contributed by atoms with Gasteiger partial charge in [0.2, 0.25) is 0 Å². The van der Waals surface area contributed by atoms with Crippen LogP contribution >= 0.6 is 0 Å². The molecule has 2 rings (SSSR count). The molecule has 0 unspecified atom stereocenters. The number of benzene rings is 1. The van der Waals surface area contributed by atoms with Crippen LogP contribution in [0.1, 0.15) is 12.0 Å². The van der Waals surface area contributed by atoms with Crippen molar-refractivity contribution in [1.82, 2.24) is 15.6 Å². The highest BCUT2D eigenvalue weighted by Crippen LogP contribution is 2.15. The van der Waals surface area contributed by atoms with Gasteiger partial charge in [0.15, 0.2) is 5.96 Å². The number of rotatable bonds is 9. The van der Waals surface area contributed by atoms with Gasteiger partial charge >= 0.3 is 0 Å². The van der Waals surface area contributed by atoms with Crippen molar-refractivity contribution < 1.29 is 9.47 Å². The van der Waals surface area contributed by atoms with Gasteiger partial charge in [0.25, 0.3) is 0 Å². The molecule has 2 aromatic rings. The number of nitrogens with one attached hydrogen (secondary N) is 2. The zero-order valence-electron chi connectivity index (χ0n) is 14.4. The van der Waals surface area contributed by atoms with Crippen molar-refractivity contribution in [3.05, 3.63) is 42.1 Å². The quantitative estimate of drug-likeness (QED) is 0.418. The number of ether oxygens (including phenoxy) is 2. The van der Waals surface area contributed by atoms with E-state index in [4.69, 9.17) is 9.47 Å². The van der Waals surface area contributed by atoms with E-state index in [1.54, 1.807) is 14.2 Å². The maximum atomic E-state index is 5.43. The molecular weight excluding hydrogens is 304 g/mol. The van der Waals surface area contributed by atoms with Crippen molar-refractivity contribution in [3.8, 4) is 0 Å². The largest absolute Gasteiger partial charge is 0.382 e. The van der Waals surface area contributed by atoms with Gasteiger partial charge < -0.3 is 20.1 Å². The maximum Gasteiger partial charge on any atom is 0.191 e. The number of aromatic nitrogens is 1. The van der Waals surface area contributed by atoms with Gasteiger partial charge in [-0.25, -0.2) is 0 Å². The average Bonchev–Trinajstić information content (AvgIpc) is 2.63. The SMILES string of the molecule is CN=C(NCCCOCCOC)NCc1cccc2cccnc12. The zero-order chi connectivity index (χ0) is 17.0. The minimum atomic E-state index is 0.635. The van der Waals surface area contributed by atoms with Crippen LogP contribution in [0, 0.1) is 0 Å². The zero-order valence-corrected chi connectivity index (χ0v) is 14.4. The van der Waals surface area contributed by atoms with Crippen LogP contribution in [-0.4, -0.2) is 51.5 Å². The Balaban J connectivity index is 1.75. The molecule has 130 valence electrons. The lowest BCUT2D eigenvalue weighted by atomic mass is 10.1. The van der Waals surface area contributed by atoms with E-state index < -0.39 is 0 Å². The van der Waals surface area contributed by atoms with Crippen LogP contribution in [0.25, 0.3) is 10.9 Å². The number of aliphatic imine (C=N–C) groups is 1. The molecule has 1 aromatic carbocycles. The van der Waals surface area contributed by atoms with E-state index in [0.717, 1.165) is 35.4 Å². The third kappa shape index (κ3) is 5.79. The van der Waals surface area contributed by atoms with Gasteiger partial charge in [-0.15, -0.1) is 0 Å². The number of nitrogens with zero attached hydrogens (tertiary/aromatic N) is 2. The lowest BCUT2D eigenvalue weighted by Gasteiger charge is -2.13. The Labute approximate surface area is 143 Å². The Bertz CT molecular complexity index is 640. The molecule has 0 spiro atoms. The minimum Gasteiger partial charge on any atom is -0.382 e. The number of pyridine rings is 1. The van der Waals surface area contributed by atoms with E-state index in [9.17, 15) is 0 Å². The number of para-hydroxylation sites is 1. The highest BCUT2D eigenvalue weighted by atomic mass is 16.5. The first kappa shape index (κ1) is 18.2. The predicted octanol–water partition coefficient (Wildman–Crippen LogP) is 1.95. The van der Waals surface area contributed by atoms with Crippen molar-refractivity contribution in [3.63, 3.8) is 0 Å². The van der Waals surface area contributed by atoms with Gasteiger partial charge in [0.1, 0.15) is 0 Å². The van der Waals surface area contributed by atoms with Gasteiger partial charge in [0, 0.05) is 45.4 Å². The first-order valence-corrected chi connectivity index (χ1v) is 8.19.